The molecule has 1 fully saturated rings. The van der Waals surface area contributed by atoms with Gasteiger partial charge in [-0.25, -0.2) is 4.68 Å². The Kier molecular flexibility index (Phi) is 8.48. The molecular formula is C32H39ClN8. The third-order valence-corrected chi connectivity index (χ3v) is 8.39. The molecule has 0 aliphatic carbocycles. The van der Waals surface area contributed by atoms with Crippen LogP contribution in [0.3, 0.4) is 0 Å². The number of benzene rings is 2. The predicted octanol–water partition coefficient (Wildman–Crippen LogP) is 7.20. The maximum atomic E-state index is 9.81. The molecule has 0 bridgehead atoms. The van der Waals surface area contributed by atoms with Crippen molar-refractivity contribution < 1.29 is 0 Å². The number of nitriles is 1. The van der Waals surface area contributed by atoms with Crippen molar-refractivity contribution in [2.24, 2.45) is 0 Å². The maximum Gasteiger partial charge on any atom is 0.109 e. The fraction of sp³-hybridized carbons (Fsp3) is 0.438. The zero-order valence-corrected chi connectivity index (χ0v) is 25.3. The van der Waals surface area contributed by atoms with Crippen LogP contribution in [0.1, 0.15) is 82.8 Å². The number of piperidine rings is 1. The molecule has 5 rings (SSSR count). The van der Waals surface area contributed by atoms with Crippen LogP contribution in [0.5, 0.6) is 0 Å². The van der Waals surface area contributed by atoms with E-state index in [9.17, 15) is 5.26 Å². The van der Waals surface area contributed by atoms with Crippen LogP contribution in [0, 0.1) is 11.3 Å². The summed E-state index contributed by atoms with van der Waals surface area (Å²) in [4.78, 5) is 7.04. The van der Waals surface area contributed by atoms with E-state index >= 15 is 0 Å². The van der Waals surface area contributed by atoms with Gasteiger partial charge in [0.25, 0.3) is 0 Å². The van der Waals surface area contributed by atoms with Crippen molar-refractivity contribution >= 4 is 33.9 Å². The van der Waals surface area contributed by atoms with Crippen molar-refractivity contribution in [2.45, 2.75) is 77.5 Å². The Labute approximate surface area is 247 Å². The summed E-state index contributed by atoms with van der Waals surface area (Å²) < 4.78 is 2.04. The second-order valence-electron chi connectivity index (χ2n) is 12.0. The van der Waals surface area contributed by atoms with E-state index < -0.39 is 0 Å². The predicted molar refractivity (Wildman–Crippen MR) is 166 cm³/mol. The van der Waals surface area contributed by atoms with Gasteiger partial charge in [0.1, 0.15) is 11.8 Å². The molecule has 3 heterocycles. The summed E-state index contributed by atoms with van der Waals surface area (Å²) in [5.41, 5.74) is 4.80. The highest BCUT2D eigenvalue weighted by atomic mass is 35.5. The summed E-state index contributed by atoms with van der Waals surface area (Å²) in [6.45, 7) is 13.1. The van der Waals surface area contributed by atoms with Gasteiger partial charge in [0.15, 0.2) is 0 Å². The first-order valence-corrected chi connectivity index (χ1v) is 14.8. The number of anilines is 2. The van der Waals surface area contributed by atoms with E-state index in [4.69, 9.17) is 11.6 Å². The minimum absolute atomic E-state index is 0.176. The van der Waals surface area contributed by atoms with E-state index in [2.05, 4.69) is 89.8 Å². The Morgan fingerprint density at radius 3 is 2.51 bits per heavy atom. The van der Waals surface area contributed by atoms with Crippen LogP contribution in [0.4, 0.5) is 11.4 Å². The minimum Gasteiger partial charge on any atom is -0.381 e. The van der Waals surface area contributed by atoms with Crippen LogP contribution in [0.2, 0.25) is 5.02 Å². The number of hydrogen-bond acceptors (Lipinski definition) is 7. The Bertz CT molecular complexity index is 1530. The summed E-state index contributed by atoms with van der Waals surface area (Å²) in [6.07, 6.45) is 6.67. The van der Waals surface area contributed by atoms with Crippen LogP contribution < -0.4 is 10.6 Å². The molecule has 1 aliphatic rings. The van der Waals surface area contributed by atoms with Crippen LogP contribution in [-0.2, 0) is 0 Å². The monoisotopic (exact) mass is 570 g/mol. The quantitative estimate of drug-likeness (QED) is 0.231. The maximum absolute atomic E-state index is 9.81. The van der Waals surface area contributed by atoms with Crippen molar-refractivity contribution in [3.05, 3.63) is 76.7 Å². The first-order chi connectivity index (χ1) is 19.7. The van der Waals surface area contributed by atoms with Gasteiger partial charge in [-0.1, -0.05) is 54.1 Å². The normalized spacial score (nSPS) is 16.3. The van der Waals surface area contributed by atoms with Crippen molar-refractivity contribution in [1.29, 1.82) is 5.26 Å². The van der Waals surface area contributed by atoms with Crippen LogP contribution >= 0.6 is 11.6 Å². The number of halogens is 1. The Morgan fingerprint density at radius 1 is 1.12 bits per heavy atom. The largest absolute Gasteiger partial charge is 0.381 e. The molecule has 9 heteroatoms. The van der Waals surface area contributed by atoms with Gasteiger partial charge in [0, 0.05) is 41.9 Å². The molecule has 1 saturated heterocycles. The van der Waals surface area contributed by atoms with Crippen LogP contribution in [0.25, 0.3) is 10.9 Å². The summed E-state index contributed by atoms with van der Waals surface area (Å²) in [7, 11) is 0. The van der Waals surface area contributed by atoms with Gasteiger partial charge in [0.2, 0.25) is 0 Å². The average molecular weight is 571 g/mol. The van der Waals surface area contributed by atoms with Crippen LogP contribution in [0.15, 0.2) is 54.9 Å². The number of hydrogen-bond donors (Lipinski definition) is 2. The number of nitrogens with zero attached hydrogens (tertiary/aromatic N) is 6. The number of aromatic nitrogens is 4. The molecule has 0 radical (unpaired) electrons. The number of likely N-dealkylation sites (tertiary alicyclic amines) is 1. The molecule has 2 aromatic carbocycles. The molecule has 1 unspecified atom stereocenters. The van der Waals surface area contributed by atoms with E-state index in [1.165, 1.54) is 0 Å². The van der Waals surface area contributed by atoms with Crippen molar-refractivity contribution in [3.8, 4) is 6.07 Å². The van der Waals surface area contributed by atoms with Gasteiger partial charge in [-0.05, 0) is 64.7 Å². The van der Waals surface area contributed by atoms with E-state index in [-0.39, 0.29) is 17.6 Å². The topological polar surface area (TPSA) is 94.7 Å². The van der Waals surface area contributed by atoms with E-state index in [0.29, 0.717) is 22.1 Å². The molecule has 214 valence electrons. The van der Waals surface area contributed by atoms with Gasteiger partial charge in [0.05, 0.1) is 40.1 Å². The van der Waals surface area contributed by atoms with E-state index in [1.54, 1.807) is 6.20 Å². The van der Waals surface area contributed by atoms with Gasteiger partial charge in [-0.3, -0.25) is 9.88 Å². The molecule has 2 atom stereocenters. The third-order valence-electron chi connectivity index (χ3n) is 8.10. The summed E-state index contributed by atoms with van der Waals surface area (Å²) in [5.74, 6) is 0. The fourth-order valence-electron chi connectivity index (χ4n) is 5.47. The lowest BCUT2D eigenvalue weighted by Crippen LogP contribution is -2.46. The highest BCUT2D eigenvalue weighted by Gasteiger charge is 2.29. The Balaban J connectivity index is 1.48. The third kappa shape index (κ3) is 6.32. The summed E-state index contributed by atoms with van der Waals surface area (Å²) >= 11 is 6.78. The molecule has 41 heavy (non-hydrogen) atoms. The highest BCUT2D eigenvalue weighted by molar-refractivity contribution is 6.35. The molecule has 4 aromatic rings. The average Bonchev–Trinajstić information content (AvgIpc) is 3.46. The van der Waals surface area contributed by atoms with Crippen molar-refractivity contribution in [3.63, 3.8) is 0 Å². The van der Waals surface area contributed by atoms with Crippen LogP contribution in [-0.4, -0.2) is 49.5 Å². The minimum atomic E-state index is -0.244. The lowest BCUT2D eigenvalue weighted by Gasteiger charge is -2.40. The van der Waals surface area contributed by atoms with Gasteiger partial charge < -0.3 is 10.6 Å². The lowest BCUT2D eigenvalue weighted by atomic mass is 9.98. The van der Waals surface area contributed by atoms with Gasteiger partial charge in [-0.2, -0.15) is 5.26 Å². The molecule has 1 aliphatic heterocycles. The van der Waals surface area contributed by atoms with Gasteiger partial charge in [-0.15, -0.1) is 5.10 Å². The molecule has 2 N–H and O–H groups in total. The van der Waals surface area contributed by atoms with Crippen molar-refractivity contribution in [2.75, 3.05) is 23.7 Å². The summed E-state index contributed by atoms with van der Waals surface area (Å²) in [5, 5.41) is 27.5. The fourth-order valence-corrected chi connectivity index (χ4v) is 5.74. The SMILES string of the molecule is CCC(C)Nc1c(C#N)cnc2c(Cl)cc(N[C@@H](c3ccccc3)c3cn(C4CCN(C(C)(C)C)CC4)nn3)cc12. The standard InChI is InChI=1S/C32H39ClN8/c1-6-21(2)36-29-23(18-34)19-35-31-26(29)16-24(17-27(31)33)37-30(22-10-8-7-9-11-22)28-20-41(39-38-28)25-12-14-40(15-13-25)32(3,4)5/h7-11,16-17,19-21,25,30,37H,6,12-15H2,1-5H3,(H,35,36)/t21?,30-/m0/s1. The highest BCUT2D eigenvalue weighted by Crippen LogP contribution is 2.36. The number of fused-ring (bicyclic) bond motifs is 1. The first-order valence-electron chi connectivity index (χ1n) is 14.4. The van der Waals surface area contributed by atoms with E-state index in [1.807, 2.05) is 35.0 Å². The molecule has 0 saturated carbocycles. The molecule has 8 nitrogen and oxygen atoms in total. The first kappa shape index (κ1) is 28.8. The number of pyridine rings is 1. The second-order valence-corrected chi connectivity index (χ2v) is 12.4. The Morgan fingerprint density at radius 2 is 1.85 bits per heavy atom. The Hall–Kier alpha value is -3.67. The summed E-state index contributed by atoms with van der Waals surface area (Å²) in [6, 6.07) is 16.7. The number of rotatable bonds is 8. The van der Waals surface area contributed by atoms with E-state index in [0.717, 1.165) is 60.4 Å². The number of nitrogens with one attached hydrogen (secondary N) is 2. The zero-order chi connectivity index (χ0) is 29.1. The molecule has 2 aromatic heterocycles. The zero-order valence-electron chi connectivity index (χ0n) is 24.5. The molecular weight excluding hydrogens is 532 g/mol. The molecule has 0 spiro atoms. The van der Waals surface area contributed by atoms with Gasteiger partial charge >= 0.3 is 0 Å². The molecule has 0 amide bonds. The lowest BCUT2D eigenvalue weighted by molar-refractivity contribution is 0.0866. The van der Waals surface area contributed by atoms with Crippen molar-refractivity contribution in [1.82, 2.24) is 24.9 Å². The smallest absolute Gasteiger partial charge is 0.109 e. The second kappa shape index (κ2) is 12.1.